The number of rotatable bonds is 10. The van der Waals surface area contributed by atoms with Gasteiger partial charge in [0.1, 0.15) is 18.2 Å². The number of aromatic nitrogens is 3. The van der Waals surface area contributed by atoms with Crippen molar-refractivity contribution < 1.29 is 18.7 Å². The van der Waals surface area contributed by atoms with E-state index in [1.54, 1.807) is 0 Å². The minimum atomic E-state index is -0.339. The van der Waals surface area contributed by atoms with Crippen LogP contribution < -0.4 is 15.9 Å². The first-order valence-electron chi connectivity index (χ1n) is 10.2. The van der Waals surface area contributed by atoms with Crippen LogP contribution in [-0.2, 0) is 16.1 Å². The van der Waals surface area contributed by atoms with E-state index in [9.17, 15) is 9.18 Å². The number of carbonyl (C=O) groups excluding carboxylic acids is 1. The minimum Gasteiger partial charge on any atom is -0.486 e. The van der Waals surface area contributed by atoms with Crippen LogP contribution in [0.5, 0.6) is 5.75 Å². The Morgan fingerprint density at radius 1 is 1.39 bits per heavy atom. The van der Waals surface area contributed by atoms with Crippen molar-refractivity contribution in [3.8, 4) is 5.75 Å². The fourth-order valence-corrected chi connectivity index (χ4v) is 3.88. The average Bonchev–Trinajstić information content (AvgIpc) is 3.09. The summed E-state index contributed by atoms with van der Waals surface area (Å²) in [5.41, 5.74) is 0. The summed E-state index contributed by atoms with van der Waals surface area (Å²) in [6, 6.07) is 5.65. The van der Waals surface area contributed by atoms with E-state index in [-0.39, 0.29) is 30.2 Å². The zero-order chi connectivity index (χ0) is 22.2. The van der Waals surface area contributed by atoms with Crippen LogP contribution in [0.15, 0.2) is 29.4 Å². The number of nitrogen functional groups attached to an aromatic ring is 1. The summed E-state index contributed by atoms with van der Waals surface area (Å²) in [5, 5.41) is 11.3. The van der Waals surface area contributed by atoms with Crippen LogP contribution in [0.1, 0.15) is 19.7 Å². The van der Waals surface area contributed by atoms with Gasteiger partial charge < -0.3 is 20.6 Å². The van der Waals surface area contributed by atoms with Crippen LogP contribution in [0.25, 0.3) is 0 Å². The van der Waals surface area contributed by atoms with E-state index in [1.807, 2.05) is 0 Å². The summed E-state index contributed by atoms with van der Waals surface area (Å²) in [6.45, 7) is 8.40. The first-order chi connectivity index (χ1) is 14.9. The van der Waals surface area contributed by atoms with Gasteiger partial charge in [0, 0.05) is 26.2 Å². The quantitative estimate of drug-likeness (QED) is 0.410. The molecule has 1 fully saturated rings. The molecule has 1 aromatic heterocycles. The molecule has 1 aromatic carbocycles. The van der Waals surface area contributed by atoms with Gasteiger partial charge in [-0.1, -0.05) is 25.6 Å². The van der Waals surface area contributed by atoms with Crippen molar-refractivity contribution in [2.75, 3.05) is 44.4 Å². The number of ether oxygens (including phenoxy) is 2. The third-order valence-corrected chi connectivity index (χ3v) is 5.57. The molecule has 1 aliphatic heterocycles. The highest BCUT2D eigenvalue weighted by Gasteiger charge is 2.21. The molecule has 3 rings (SSSR count). The number of nitrogens with two attached hydrogens (primary N) is 1. The lowest BCUT2D eigenvalue weighted by molar-refractivity contribution is -0.119. The van der Waals surface area contributed by atoms with Crippen molar-refractivity contribution >= 4 is 17.7 Å². The van der Waals surface area contributed by atoms with Crippen LogP contribution in [0.3, 0.4) is 0 Å². The van der Waals surface area contributed by atoms with Crippen molar-refractivity contribution in [1.82, 2.24) is 25.1 Å². The Hall–Kier alpha value is -2.37. The maximum absolute atomic E-state index is 12.9. The fourth-order valence-electron chi connectivity index (χ4n) is 3.18. The normalized spacial score (nSPS) is 17.1. The fraction of sp³-hybridized carbons (Fsp3) is 0.550. The first-order valence-corrected chi connectivity index (χ1v) is 11.2. The molecule has 11 heteroatoms. The van der Waals surface area contributed by atoms with Crippen LogP contribution in [-0.4, -0.2) is 70.3 Å². The minimum absolute atomic E-state index is 0.00479. The van der Waals surface area contributed by atoms with E-state index in [2.05, 4.69) is 34.3 Å². The smallest absolute Gasteiger partial charge is 0.230 e. The van der Waals surface area contributed by atoms with E-state index in [0.29, 0.717) is 35.8 Å². The summed E-state index contributed by atoms with van der Waals surface area (Å²) < 4.78 is 25.5. The Balaban J connectivity index is 1.39. The highest BCUT2D eigenvalue weighted by Crippen LogP contribution is 2.17. The van der Waals surface area contributed by atoms with Crippen molar-refractivity contribution in [1.29, 1.82) is 0 Å². The van der Waals surface area contributed by atoms with Gasteiger partial charge in [-0.05, 0) is 30.2 Å². The highest BCUT2D eigenvalue weighted by atomic mass is 32.2. The largest absolute Gasteiger partial charge is 0.486 e. The van der Waals surface area contributed by atoms with Crippen molar-refractivity contribution in [2.24, 2.45) is 5.92 Å². The van der Waals surface area contributed by atoms with E-state index < -0.39 is 0 Å². The van der Waals surface area contributed by atoms with Gasteiger partial charge in [0.05, 0.1) is 18.5 Å². The van der Waals surface area contributed by atoms with Crippen LogP contribution in [0, 0.1) is 11.7 Å². The SMILES string of the molecule is CC(C)CN1CCOC(CNC(=O)CSc2nnc(COc3ccc(F)cc3)n2N)C1. The van der Waals surface area contributed by atoms with Crippen LogP contribution in [0.2, 0.25) is 0 Å². The van der Waals surface area contributed by atoms with E-state index >= 15 is 0 Å². The zero-order valence-electron chi connectivity index (χ0n) is 17.8. The molecular weight excluding hydrogens is 423 g/mol. The Bertz CT molecular complexity index is 848. The molecule has 1 saturated heterocycles. The Morgan fingerprint density at radius 3 is 2.90 bits per heavy atom. The number of thioether (sulfide) groups is 1. The number of benzene rings is 1. The zero-order valence-corrected chi connectivity index (χ0v) is 18.6. The second-order valence-corrected chi connectivity index (χ2v) is 8.69. The molecular formula is C20H29FN6O3S. The molecule has 2 aromatic rings. The molecule has 1 unspecified atom stereocenters. The van der Waals surface area contributed by atoms with E-state index in [0.717, 1.165) is 19.6 Å². The van der Waals surface area contributed by atoms with Crippen LogP contribution >= 0.6 is 11.8 Å². The molecule has 31 heavy (non-hydrogen) atoms. The predicted molar refractivity (Wildman–Crippen MR) is 116 cm³/mol. The molecule has 0 bridgehead atoms. The lowest BCUT2D eigenvalue weighted by Crippen LogP contribution is -2.48. The molecule has 0 saturated carbocycles. The second-order valence-electron chi connectivity index (χ2n) is 7.75. The molecule has 0 spiro atoms. The van der Waals surface area contributed by atoms with Crippen molar-refractivity contribution in [2.45, 2.75) is 31.7 Å². The molecule has 2 heterocycles. The molecule has 3 N–H and O–H groups in total. The Kier molecular flexibility index (Phi) is 8.50. The number of halogens is 1. The maximum Gasteiger partial charge on any atom is 0.230 e. The standard InChI is InChI=1S/C20H29FN6O3S/c1-14(2)10-26-7-8-29-17(11-26)9-23-19(28)13-31-20-25-24-18(27(20)22)12-30-16-5-3-15(21)4-6-16/h3-6,14,17H,7-13,22H2,1-2H3,(H,23,28). The van der Waals surface area contributed by atoms with Gasteiger partial charge in [0.25, 0.3) is 0 Å². The number of amides is 1. The summed E-state index contributed by atoms with van der Waals surface area (Å²) >= 11 is 1.19. The number of morpholine rings is 1. The van der Waals surface area contributed by atoms with Gasteiger partial charge >= 0.3 is 0 Å². The number of hydrogen-bond donors (Lipinski definition) is 2. The molecule has 0 aliphatic carbocycles. The third-order valence-electron chi connectivity index (χ3n) is 4.62. The average molecular weight is 453 g/mol. The summed E-state index contributed by atoms with van der Waals surface area (Å²) in [4.78, 5) is 14.6. The summed E-state index contributed by atoms with van der Waals surface area (Å²) in [7, 11) is 0. The monoisotopic (exact) mass is 452 g/mol. The third kappa shape index (κ3) is 7.37. The lowest BCUT2D eigenvalue weighted by Gasteiger charge is -2.33. The van der Waals surface area contributed by atoms with Crippen LogP contribution in [0.4, 0.5) is 4.39 Å². The number of nitrogens with one attached hydrogen (secondary N) is 1. The summed E-state index contributed by atoms with van der Waals surface area (Å²) in [6.07, 6.45) is -0.00479. The van der Waals surface area contributed by atoms with Gasteiger partial charge in [0.15, 0.2) is 5.82 Å². The molecule has 9 nitrogen and oxygen atoms in total. The maximum atomic E-state index is 12.9. The van der Waals surface area contributed by atoms with Crippen molar-refractivity contribution in [3.05, 3.63) is 35.9 Å². The van der Waals surface area contributed by atoms with Gasteiger partial charge in [-0.2, -0.15) is 0 Å². The van der Waals surface area contributed by atoms with E-state index in [1.165, 1.54) is 40.7 Å². The van der Waals surface area contributed by atoms with E-state index in [4.69, 9.17) is 15.3 Å². The topological polar surface area (TPSA) is 108 Å². The molecule has 1 aliphatic rings. The van der Waals surface area contributed by atoms with Gasteiger partial charge in [-0.15, -0.1) is 10.2 Å². The van der Waals surface area contributed by atoms with Gasteiger partial charge in [-0.25, -0.2) is 9.07 Å². The first kappa shape index (κ1) is 23.3. The number of hydrogen-bond acceptors (Lipinski definition) is 8. The molecule has 1 amide bonds. The van der Waals surface area contributed by atoms with Gasteiger partial charge in [0.2, 0.25) is 11.1 Å². The second kappa shape index (κ2) is 11.3. The van der Waals surface area contributed by atoms with Crippen molar-refractivity contribution in [3.63, 3.8) is 0 Å². The Morgan fingerprint density at radius 2 is 2.16 bits per heavy atom. The molecule has 1 atom stereocenters. The molecule has 0 radical (unpaired) electrons. The predicted octanol–water partition coefficient (Wildman–Crippen LogP) is 1.28. The molecule has 170 valence electrons. The number of nitrogens with zero attached hydrogens (tertiary/aromatic N) is 4. The Labute approximate surface area is 185 Å². The highest BCUT2D eigenvalue weighted by molar-refractivity contribution is 7.99. The lowest BCUT2D eigenvalue weighted by atomic mass is 10.2. The van der Waals surface area contributed by atoms with Gasteiger partial charge in [-0.3, -0.25) is 9.69 Å². The summed E-state index contributed by atoms with van der Waals surface area (Å²) in [5.74, 6) is 7.19. The number of carbonyl (C=O) groups is 1.